The van der Waals surface area contributed by atoms with Gasteiger partial charge in [0.05, 0.1) is 12.7 Å². The molecule has 128 valence electrons. The summed E-state index contributed by atoms with van der Waals surface area (Å²) in [5.74, 6) is -0.517. The highest BCUT2D eigenvalue weighted by Gasteiger charge is 2.33. The lowest BCUT2D eigenvalue weighted by Crippen LogP contribution is -2.41. The highest BCUT2D eigenvalue weighted by molar-refractivity contribution is 6.31. The highest BCUT2D eigenvalue weighted by atomic mass is 35.5. The summed E-state index contributed by atoms with van der Waals surface area (Å²) in [6, 6.07) is 4.16. The van der Waals surface area contributed by atoms with Gasteiger partial charge in [-0.2, -0.15) is 0 Å². The van der Waals surface area contributed by atoms with Crippen molar-refractivity contribution in [1.82, 2.24) is 4.90 Å². The van der Waals surface area contributed by atoms with Crippen LogP contribution in [0.2, 0.25) is 5.02 Å². The molecule has 5 nitrogen and oxygen atoms in total. The Kier molecular flexibility index (Phi) is 6.77. The average molecular weight is 345 g/mol. The maximum atomic E-state index is 13.2. The first-order valence-corrected chi connectivity index (χ1v) is 8.00. The minimum absolute atomic E-state index is 0.0670. The molecule has 1 aliphatic rings. The Balaban J connectivity index is 2.08. The van der Waals surface area contributed by atoms with Crippen molar-refractivity contribution < 1.29 is 18.7 Å². The lowest BCUT2D eigenvalue weighted by Gasteiger charge is -2.26. The van der Waals surface area contributed by atoms with Crippen molar-refractivity contribution in [2.24, 2.45) is 5.73 Å². The number of hydrogen-bond acceptors (Lipinski definition) is 4. The summed E-state index contributed by atoms with van der Waals surface area (Å²) >= 11 is 6.06. The Hall–Kier alpha value is -1.21. The van der Waals surface area contributed by atoms with Gasteiger partial charge in [-0.25, -0.2) is 4.39 Å². The first-order chi connectivity index (χ1) is 11.0. The first-order valence-electron chi connectivity index (χ1n) is 7.62. The molecular formula is C16H22ClFN2O3. The number of halogens is 2. The zero-order valence-electron chi connectivity index (χ0n) is 13.1. The Morgan fingerprint density at radius 1 is 1.52 bits per heavy atom. The lowest BCUT2D eigenvalue weighted by molar-refractivity contribution is -0.144. The monoisotopic (exact) mass is 344 g/mol. The van der Waals surface area contributed by atoms with Gasteiger partial charge in [-0.3, -0.25) is 4.79 Å². The van der Waals surface area contributed by atoms with Gasteiger partial charge in [-0.15, -0.1) is 0 Å². The van der Waals surface area contributed by atoms with Crippen LogP contribution in [-0.2, 0) is 20.8 Å². The van der Waals surface area contributed by atoms with Gasteiger partial charge in [0.15, 0.2) is 0 Å². The van der Waals surface area contributed by atoms with Crippen LogP contribution in [0.4, 0.5) is 4.39 Å². The van der Waals surface area contributed by atoms with Crippen molar-refractivity contribution in [1.29, 1.82) is 0 Å². The van der Waals surface area contributed by atoms with E-state index in [0.29, 0.717) is 36.7 Å². The zero-order valence-corrected chi connectivity index (χ0v) is 13.9. The molecule has 0 spiro atoms. The van der Waals surface area contributed by atoms with Gasteiger partial charge in [0.25, 0.3) is 5.91 Å². The zero-order chi connectivity index (χ0) is 16.8. The third-order valence-corrected chi connectivity index (χ3v) is 4.25. The molecule has 23 heavy (non-hydrogen) atoms. The van der Waals surface area contributed by atoms with Gasteiger partial charge in [0, 0.05) is 31.8 Å². The van der Waals surface area contributed by atoms with Crippen molar-refractivity contribution >= 4 is 17.5 Å². The van der Waals surface area contributed by atoms with Crippen LogP contribution < -0.4 is 5.73 Å². The molecule has 0 unspecified atom stereocenters. The van der Waals surface area contributed by atoms with Crippen molar-refractivity contribution in [3.8, 4) is 0 Å². The largest absolute Gasteiger partial charge is 0.383 e. The summed E-state index contributed by atoms with van der Waals surface area (Å²) in [5.41, 5.74) is 6.27. The molecule has 1 heterocycles. The standard InChI is InChI=1S/C16H22ClFN2O3/c1-22-7-6-20(10-11-2-3-12(18)8-14(11)17)16(21)15-5-4-13(9-19)23-15/h2-3,8,13,15H,4-7,9-10,19H2,1H3/t13-,15+/m1/s1. The van der Waals surface area contributed by atoms with Crippen LogP contribution in [0, 0.1) is 5.82 Å². The number of amides is 1. The first kappa shape index (κ1) is 18.1. The van der Waals surface area contributed by atoms with E-state index in [4.69, 9.17) is 26.8 Å². The maximum Gasteiger partial charge on any atom is 0.252 e. The summed E-state index contributed by atoms with van der Waals surface area (Å²) < 4.78 is 23.9. The van der Waals surface area contributed by atoms with E-state index in [0.717, 1.165) is 6.42 Å². The number of ether oxygens (including phenoxy) is 2. The molecule has 0 aromatic heterocycles. The molecule has 1 aliphatic heterocycles. The molecule has 1 fully saturated rings. The second-order valence-electron chi connectivity index (χ2n) is 5.55. The van der Waals surface area contributed by atoms with Crippen LogP contribution in [0.25, 0.3) is 0 Å². The predicted octanol–water partition coefficient (Wildman–Crippen LogP) is 1.96. The molecular weight excluding hydrogens is 323 g/mol. The Bertz CT molecular complexity index is 544. The SMILES string of the molecule is COCCN(Cc1ccc(F)cc1Cl)C(=O)[C@@H]1CC[C@H](CN)O1. The number of nitrogens with two attached hydrogens (primary N) is 1. The molecule has 1 amide bonds. The molecule has 7 heteroatoms. The normalized spacial score (nSPS) is 20.7. The van der Waals surface area contributed by atoms with E-state index in [9.17, 15) is 9.18 Å². The van der Waals surface area contributed by atoms with Crippen LogP contribution in [0.1, 0.15) is 18.4 Å². The van der Waals surface area contributed by atoms with Gasteiger partial charge < -0.3 is 20.1 Å². The van der Waals surface area contributed by atoms with E-state index >= 15 is 0 Å². The molecule has 0 radical (unpaired) electrons. The van der Waals surface area contributed by atoms with Gasteiger partial charge in [-0.05, 0) is 30.5 Å². The van der Waals surface area contributed by atoms with E-state index < -0.39 is 11.9 Å². The van der Waals surface area contributed by atoms with Gasteiger partial charge in [0.2, 0.25) is 0 Å². The van der Waals surface area contributed by atoms with Crippen LogP contribution in [-0.4, -0.2) is 49.8 Å². The fraction of sp³-hybridized carbons (Fsp3) is 0.562. The molecule has 0 saturated carbocycles. The van der Waals surface area contributed by atoms with Gasteiger partial charge >= 0.3 is 0 Å². The van der Waals surface area contributed by atoms with E-state index in [1.165, 1.54) is 12.1 Å². The van der Waals surface area contributed by atoms with Crippen LogP contribution in [0.15, 0.2) is 18.2 Å². The Morgan fingerprint density at radius 3 is 2.91 bits per heavy atom. The number of carbonyl (C=O) groups is 1. The number of carbonyl (C=O) groups excluding carboxylic acids is 1. The fourth-order valence-corrected chi connectivity index (χ4v) is 2.82. The van der Waals surface area contributed by atoms with E-state index in [1.54, 1.807) is 18.1 Å². The van der Waals surface area contributed by atoms with Crippen molar-refractivity contribution in [2.45, 2.75) is 31.6 Å². The topological polar surface area (TPSA) is 64.8 Å². The van der Waals surface area contributed by atoms with Crippen LogP contribution in [0.5, 0.6) is 0 Å². The summed E-state index contributed by atoms with van der Waals surface area (Å²) in [7, 11) is 1.57. The average Bonchev–Trinajstić information content (AvgIpc) is 3.01. The van der Waals surface area contributed by atoms with Gasteiger partial charge in [-0.1, -0.05) is 17.7 Å². The highest BCUT2D eigenvalue weighted by Crippen LogP contribution is 2.23. The third kappa shape index (κ3) is 4.88. The van der Waals surface area contributed by atoms with Crippen molar-refractivity contribution in [3.05, 3.63) is 34.6 Å². The molecule has 2 atom stereocenters. The smallest absolute Gasteiger partial charge is 0.252 e. The minimum Gasteiger partial charge on any atom is -0.383 e. The Labute approximate surface area is 140 Å². The number of rotatable bonds is 7. The minimum atomic E-state index is -0.486. The lowest BCUT2D eigenvalue weighted by atomic mass is 10.1. The van der Waals surface area contributed by atoms with Crippen molar-refractivity contribution in [2.75, 3.05) is 26.8 Å². The van der Waals surface area contributed by atoms with Crippen LogP contribution in [0.3, 0.4) is 0 Å². The number of nitrogens with zero attached hydrogens (tertiary/aromatic N) is 1. The van der Waals surface area contributed by atoms with Crippen molar-refractivity contribution in [3.63, 3.8) is 0 Å². The summed E-state index contributed by atoms with van der Waals surface area (Å²) in [6.45, 7) is 1.51. The molecule has 2 N–H and O–H groups in total. The quantitative estimate of drug-likeness (QED) is 0.821. The summed E-state index contributed by atoms with van der Waals surface area (Å²) in [4.78, 5) is 14.3. The maximum absolute atomic E-state index is 13.2. The molecule has 0 aliphatic carbocycles. The molecule has 1 saturated heterocycles. The second kappa shape index (κ2) is 8.59. The fourth-order valence-electron chi connectivity index (χ4n) is 2.59. The van der Waals surface area contributed by atoms with Gasteiger partial charge in [0.1, 0.15) is 11.9 Å². The number of hydrogen-bond donors (Lipinski definition) is 1. The number of methoxy groups -OCH3 is 1. The second-order valence-corrected chi connectivity index (χ2v) is 5.96. The molecule has 1 aromatic rings. The number of benzene rings is 1. The molecule has 2 rings (SSSR count). The summed E-state index contributed by atoms with van der Waals surface area (Å²) in [5, 5.41) is 0.299. The molecule has 1 aromatic carbocycles. The third-order valence-electron chi connectivity index (χ3n) is 3.90. The molecule has 0 bridgehead atoms. The predicted molar refractivity (Wildman–Crippen MR) is 85.7 cm³/mol. The van der Waals surface area contributed by atoms with E-state index in [1.807, 2.05) is 0 Å². The summed E-state index contributed by atoms with van der Waals surface area (Å²) in [6.07, 6.45) is 0.881. The van der Waals surface area contributed by atoms with E-state index in [-0.39, 0.29) is 18.6 Å². The van der Waals surface area contributed by atoms with E-state index in [2.05, 4.69) is 0 Å². The van der Waals surface area contributed by atoms with Crippen LogP contribution >= 0.6 is 11.6 Å². The Morgan fingerprint density at radius 2 is 2.30 bits per heavy atom.